The summed E-state index contributed by atoms with van der Waals surface area (Å²) < 4.78 is 44.4. The molecule has 1 heterocycles. The minimum absolute atomic E-state index is 0.0349. The molecule has 0 spiro atoms. The largest absolute Gasteiger partial charge is 0.436 e. The third-order valence-corrected chi connectivity index (χ3v) is 4.25. The number of halogens is 1. The van der Waals surface area contributed by atoms with Crippen LogP contribution in [0.25, 0.3) is 0 Å². The average molecular weight is 325 g/mol. The Kier molecular flexibility index (Phi) is 5.07. The zero-order valence-electron chi connectivity index (χ0n) is 11.9. The van der Waals surface area contributed by atoms with Crippen LogP contribution >= 0.6 is 0 Å². The van der Waals surface area contributed by atoms with Crippen molar-refractivity contribution in [2.75, 3.05) is 7.05 Å². The Balaban J connectivity index is 2.19. The molecule has 0 fully saturated rings. The lowest BCUT2D eigenvalue weighted by atomic mass is 10.2. The fourth-order valence-electron chi connectivity index (χ4n) is 1.75. The molecule has 0 saturated carbocycles. The van der Waals surface area contributed by atoms with E-state index < -0.39 is 15.8 Å². The van der Waals surface area contributed by atoms with Crippen LogP contribution in [0.15, 0.2) is 36.5 Å². The highest BCUT2D eigenvalue weighted by Gasteiger charge is 2.12. The van der Waals surface area contributed by atoms with Gasteiger partial charge in [0.25, 0.3) is 0 Å². The molecule has 1 aromatic carbocycles. The average Bonchev–Trinajstić information content (AvgIpc) is 2.50. The molecule has 8 heteroatoms. The molecule has 2 rings (SSSR count). The molecule has 0 bridgehead atoms. The van der Waals surface area contributed by atoms with E-state index in [4.69, 9.17) is 10.5 Å². The second-order valence-corrected chi connectivity index (χ2v) is 6.46. The summed E-state index contributed by atoms with van der Waals surface area (Å²) in [4.78, 5) is 3.97. The summed E-state index contributed by atoms with van der Waals surface area (Å²) in [6.45, 7) is 0.322. The second-order valence-electron chi connectivity index (χ2n) is 4.54. The summed E-state index contributed by atoms with van der Waals surface area (Å²) in [6.07, 6.45) is 1.52. The monoisotopic (exact) mass is 325 g/mol. The molecular formula is C14H16FN3O3S. The van der Waals surface area contributed by atoms with Crippen LogP contribution in [0.5, 0.6) is 11.6 Å². The van der Waals surface area contributed by atoms with Crippen LogP contribution in [0.2, 0.25) is 0 Å². The van der Waals surface area contributed by atoms with Gasteiger partial charge in [-0.15, -0.1) is 0 Å². The molecule has 2 aromatic rings. The normalized spacial score (nSPS) is 11.4. The van der Waals surface area contributed by atoms with Crippen LogP contribution in [0, 0.1) is 5.82 Å². The van der Waals surface area contributed by atoms with E-state index in [1.807, 2.05) is 0 Å². The third kappa shape index (κ3) is 4.23. The van der Waals surface area contributed by atoms with Crippen LogP contribution in [0.4, 0.5) is 4.39 Å². The number of benzene rings is 1. The maximum absolute atomic E-state index is 14.0. The van der Waals surface area contributed by atoms with Crippen LogP contribution in [0.3, 0.4) is 0 Å². The molecule has 0 unspecified atom stereocenters. The van der Waals surface area contributed by atoms with Gasteiger partial charge in [-0.2, -0.15) is 0 Å². The van der Waals surface area contributed by atoms with Crippen molar-refractivity contribution in [3.63, 3.8) is 0 Å². The second kappa shape index (κ2) is 6.82. The van der Waals surface area contributed by atoms with Gasteiger partial charge < -0.3 is 10.5 Å². The van der Waals surface area contributed by atoms with Gasteiger partial charge in [0, 0.05) is 18.8 Å². The van der Waals surface area contributed by atoms with Gasteiger partial charge in [0.05, 0.1) is 5.75 Å². The van der Waals surface area contributed by atoms with Crippen molar-refractivity contribution in [1.82, 2.24) is 9.71 Å². The molecule has 0 aliphatic rings. The van der Waals surface area contributed by atoms with E-state index in [2.05, 4.69) is 9.71 Å². The zero-order chi connectivity index (χ0) is 16.2. The van der Waals surface area contributed by atoms with E-state index in [9.17, 15) is 12.8 Å². The number of rotatable bonds is 6. The quantitative estimate of drug-likeness (QED) is 0.840. The SMILES string of the molecule is CNS(=O)(=O)Cc1ccc(Oc2cc(CN)ccn2)c(F)c1. The fraction of sp³-hybridized carbons (Fsp3) is 0.214. The smallest absolute Gasteiger partial charge is 0.219 e. The van der Waals surface area contributed by atoms with Gasteiger partial charge in [-0.3, -0.25) is 0 Å². The van der Waals surface area contributed by atoms with Crippen molar-refractivity contribution in [1.29, 1.82) is 0 Å². The summed E-state index contributed by atoms with van der Waals surface area (Å²) in [5, 5.41) is 0. The highest BCUT2D eigenvalue weighted by atomic mass is 32.2. The predicted molar refractivity (Wildman–Crippen MR) is 80.3 cm³/mol. The van der Waals surface area contributed by atoms with Crippen LogP contribution in [0.1, 0.15) is 11.1 Å². The highest BCUT2D eigenvalue weighted by molar-refractivity contribution is 7.88. The predicted octanol–water partition coefficient (Wildman–Crippen LogP) is 1.52. The first-order valence-electron chi connectivity index (χ1n) is 6.46. The Morgan fingerprint density at radius 1 is 1.27 bits per heavy atom. The van der Waals surface area contributed by atoms with Crippen molar-refractivity contribution in [2.24, 2.45) is 5.73 Å². The molecule has 22 heavy (non-hydrogen) atoms. The van der Waals surface area contributed by atoms with Crippen molar-refractivity contribution in [3.8, 4) is 11.6 Å². The number of nitrogens with one attached hydrogen (secondary N) is 1. The lowest BCUT2D eigenvalue weighted by Crippen LogP contribution is -2.20. The first-order valence-corrected chi connectivity index (χ1v) is 8.11. The molecule has 0 radical (unpaired) electrons. The molecule has 6 nitrogen and oxygen atoms in total. The Morgan fingerprint density at radius 2 is 2.05 bits per heavy atom. The number of hydrogen-bond acceptors (Lipinski definition) is 5. The summed E-state index contributed by atoms with van der Waals surface area (Å²) in [5.74, 6) is -0.782. The Bertz CT molecular complexity index is 766. The van der Waals surface area contributed by atoms with E-state index >= 15 is 0 Å². The Morgan fingerprint density at radius 3 is 2.68 bits per heavy atom. The van der Waals surface area contributed by atoms with E-state index in [0.717, 1.165) is 11.6 Å². The van der Waals surface area contributed by atoms with Gasteiger partial charge in [-0.05, 0) is 36.4 Å². The van der Waals surface area contributed by atoms with E-state index in [0.29, 0.717) is 12.1 Å². The third-order valence-electron chi connectivity index (χ3n) is 2.91. The molecule has 0 aliphatic carbocycles. The van der Waals surface area contributed by atoms with Gasteiger partial charge in [0.1, 0.15) is 0 Å². The molecule has 0 saturated heterocycles. The minimum Gasteiger partial charge on any atom is -0.436 e. The number of nitrogens with two attached hydrogens (primary N) is 1. The Hall–Kier alpha value is -2.03. The van der Waals surface area contributed by atoms with Crippen molar-refractivity contribution < 1.29 is 17.5 Å². The first-order chi connectivity index (χ1) is 10.4. The molecular weight excluding hydrogens is 309 g/mol. The maximum Gasteiger partial charge on any atom is 0.219 e. The number of ether oxygens (including phenoxy) is 1. The maximum atomic E-state index is 14.0. The van der Waals surface area contributed by atoms with E-state index in [1.165, 1.54) is 25.4 Å². The van der Waals surface area contributed by atoms with E-state index in [-0.39, 0.29) is 17.4 Å². The van der Waals surface area contributed by atoms with Gasteiger partial charge in [-0.1, -0.05) is 6.07 Å². The first kappa shape index (κ1) is 16.3. The van der Waals surface area contributed by atoms with Crippen molar-refractivity contribution in [3.05, 3.63) is 53.5 Å². The lowest BCUT2D eigenvalue weighted by molar-refractivity contribution is 0.426. The molecule has 3 N–H and O–H groups in total. The van der Waals surface area contributed by atoms with Crippen LogP contribution in [-0.2, 0) is 22.3 Å². The number of sulfonamides is 1. The lowest BCUT2D eigenvalue weighted by Gasteiger charge is -2.08. The zero-order valence-corrected chi connectivity index (χ0v) is 12.7. The molecule has 118 valence electrons. The van der Waals surface area contributed by atoms with Gasteiger partial charge in [-0.25, -0.2) is 22.5 Å². The number of hydrogen-bond donors (Lipinski definition) is 2. The highest BCUT2D eigenvalue weighted by Crippen LogP contribution is 2.24. The van der Waals surface area contributed by atoms with Crippen molar-refractivity contribution in [2.45, 2.75) is 12.3 Å². The van der Waals surface area contributed by atoms with Crippen LogP contribution < -0.4 is 15.2 Å². The topological polar surface area (TPSA) is 94.3 Å². The number of pyridine rings is 1. The summed E-state index contributed by atoms with van der Waals surface area (Å²) in [6, 6.07) is 7.32. The molecule has 0 atom stereocenters. The molecule has 1 aromatic heterocycles. The minimum atomic E-state index is -3.45. The van der Waals surface area contributed by atoms with Gasteiger partial charge in [0.15, 0.2) is 11.6 Å². The van der Waals surface area contributed by atoms with Crippen molar-refractivity contribution >= 4 is 10.0 Å². The molecule has 0 amide bonds. The summed E-state index contributed by atoms with van der Waals surface area (Å²) >= 11 is 0. The fourth-order valence-corrected chi connectivity index (χ4v) is 2.52. The van der Waals surface area contributed by atoms with Gasteiger partial charge >= 0.3 is 0 Å². The standard InChI is InChI=1S/C14H16FN3O3S/c1-17-22(19,20)9-11-2-3-13(12(15)6-11)21-14-7-10(8-16)4-5-18-14/h2-7,17H,8-9,16H2,1H3. The van der Waals surface area contributed by atoms with Gasteiger partial charge in [0.2, 0.25) is 15.9 Å². The molecule has 0 aliphatic heterocycles. The number of aromatic nitrogens is 1. The van der Waals surface area contributed by atoms with E-state index in [1.54, 1.807) is 12.1 Å². The number of nitrogens with zero attached hydrogens (tertiary/aromatic N) is 1. The summed E-state index contributed by atoms with van der Waals surface area (Å²) in [5.41, 5.74) is 6.64. The summed E-state index contributed by atoms with van der Waals surface area (Å²) in [7, 11) is -2.15. The van der Waals surface area contributed by atoms with Crippen LogP contribution in [-0.4, -0.2) is 20.4 Å². The Labute approximate surface area is 128 Å².